The van der Waals surface area contributed by atoms with Gasteiger partial charge in [-0.25, -0.2) is 8.42 Å². The number of nitrogens with zero attached hydrogens (tertiary/aromatic N) is 3. The van der Waals surface area contributed by atoms with E-state index in [1.807, 2.05) is 12.1 Å². The van der Waals surface area contributed by atoms with Crippen LogP contribution in [0.2, 0.25) is 0 Å². The van der Waals surface area contributed by atoms with E-state index in [1.165, 1.54) is 11.4 Å². The Balaban J connectivity index is 1.42. The number of carbonyl (C=O) groups is 1. The van der Waals surface area contributed by atoms with Gasteiger partial charge < -0.3 is 19.5 Å². The summed E-state index contributed by atoms with van der Waals surface area (Å²) < 4.78 is 38.1. The average molecular weight is 520 g/mol. The Kier molecular flexibility index (Phi) is 9.46. The molecular formula is C26H37N3O6S. The van der Waals surface area contributed by atoms with E-state index >= 15 is 0 Å². The molecule has 0 saturated carbocycles. The number of ether oxygens (including phenoxy) is 2. The van der Waals surface area contributed by atoms with E-state index in [1.54, 1.807) is 50.4 Å². The third-order valence-electron chi connectivity index (χ3n) is 6.76. The zero-order valence-electron chi connectivity index (χ0n) is 21.6. The first-order chi connectivity index (χ1) is 17.1. The molecule has 1 fully saturated rings. The quantitative estimate of drug-likeness (QED) is 0.454. The first kappa shape index (κ1) is 28.0. The van der Waals surface area contributed by atoms with E-state index < -0.39 is 15.6 Å². The molecule has 36 heavy (non-hydrogen) atoms. The summed E-state index contributed by atoms with van der Waals surface area (Å²) in [7, 11) is -0.671. The number of carbonyl (C=O) groups excluding carboxylic acids is 1. The van der Waals surface area contributed by atoms with Gasteiger partial charge in [-0.2, -0.15) is 4.31 Å². The lowest BCUT2D eigenvalue weighted by Crippen LogP contribution is -2.48. The molecule has 0 unspecified atom stereocenters. The third-order valence-corrected chi connectivity index (χ3v) is 8.93. The maximum absolute atomic E-state index is 13.1. The number of pyridine rings is 1. The number of piperidine rings is 1. The molecule has 2 aromatic rings. The van der Waals surface area contributed by atoms with Crippen molar-refractivity contribution in [3.05, 3.63) is 53.3 Å². The minimum Gasteiger partial charge on any atom is -0.497 e. The van der Waals surface area contributed by atoms with Crippen LogP contribution in [0.4, 0.5) is 0 Å². The van der Waals surface area contributed by atoms with Crippen LogP contribution in [-0.2, 0) is 26.0 Å². The van der Waals surface area contributed by atoms with Crippen molar-refractivity contribution in [2.75, 3.05) is 47.0 Å². The summed E-state index contributed by atoms with van der Waals surface area (Å²) in [6.07, 6.45) is 5.94. The van der Waals surface area contributed by atoms with E-state index in [2.05, 4.69) is 4.98 Å². The Morgan fingerprint density at radius 3 is 2.47 bits per heavy atom. The van der Waals surface area contributed by atoms with Crippen molar-refractivity contribution in [3.8, 4) is 5.75 Å². The highest BCUT2D eigenvalue weighted by molar-refractivity contribution is 7.89. The zero-order valence-corrected chi connectivity index (χ0v) is 22.4. The van der Waals surface area contributed by atoms with Crippen LogP contribution >= 0.6 is 0 Å². The number of rotatable bonds is 11. The molecule has 0 aliphatic carbocycles. The smallest absolute Gasteiger partial charge is 0.248 e. The van der Waals surface area contributed by atoms with Crippen LogP contribution in [-0.4, -0.2) is 86.2 Å². The number of likely N-dealkylation sites (N-methyl/N-ethyl adjacent to an activating group) is 1. The molecule has 0 spiro atoms. The standard InChI is InChI=1S/C26H37N3O6S/c1-20-16-23(34-4)17-21(2)25(20)36(32,33)28(3)14-15-35-19-24(30)29-12-9-26(31,10-13-29)8-7-22-6-5-11-27-18-22/h5-6,11,16-18,31H,7-10,12-15,19H2,1-4H3. The summed E-state index contributed by atoms with van der Waals surface area (Å²) >= 11 is 0. The van der Waals surface area contributed by atoms with Gasteiger partial charge in [-0.3, -0.25) is 9.78 Å². The van der Waals surface area contributed by atoms with Crippen LogP contribution in [0.1, 0.15) is 36.0 Å². The van der Waals surface area contributed by atoms with Gasteiger partial charge in [0.2, 0.25) is 15.9 Å². The van der Waals surface area contributed by atoms with Gasteiger partial charge in [-0.05, 0) is 74.4 Å². The summed E-state index contributed by atoms with van der Waals surface area (Å²) in [5.74, 6) is 0.453. The van der Waals surface area contributed by atoms with Crippen molar-refractivity contribution in [2.45, 2.75) is 50.0 Å². The van der Waals surface area contributed by atoms with Crippen molar-refractivity contribution < 1.29 is 27.8 Å². The SMILES string of the molecule is COc1cc(C)c(S(=O)(=O)N(C)CCOCC(=O)N2CCC(O)(CCc3cccnc3)CC2)c(C)c1. The number of hydrogen-bond donors (Lipinski definition) is 1. The lowest BCUT2D eigenvalue weighted by atomic mass is 9.86. The highest BCUT2D eigenvalue weighted by Gasteiger charge is 2.33. The number of likely N-dealkylation sites (tertiary alicyclic amines) is 1. The predicted octanol–water partition coefficient (Wildman–Crippen LogP) is 2.33. The van der Waals surface area contributed by atoms with Gasteiger partial charge in [0.05, 0.1) is 24.2 Å². The Morgan fingerprint density at radius 1 is 1.22 bits per heavy atom. The molecule has 9 nitrogen and oxygen atoms in total. The minimum absolute atomic E-state index is 0.0958. The molecule has 198 valence electrons. The molecule has 1 aromatic carbocycles. The molecule has 0 atom stereocenters. The summed E-state index contributed by atoms with van der Waals surface area (Å²) in [6.45, 7) is 4.51. The molecule has 2 heterocycles. The number of aromatic nitrogens is 1. The van der Waals surface area contributed by atoms with Crippen molar-refractivity contribution in [2.24, 2.45) is 0 Å². The molecule has 1 N–H and O–H groups in total. The molecule has 10 heteroatoms. The fourth-order valence-electron chi connectivity index (χ4n) is 4.50. The summed E-state index contributed by atoms with van der Waals surface area (Å²) in [4.78, 5) is 18.6. The molecule has 1 aliphatic rings. The Hall–Kier alpha value is -2.53. The van der Waals surface area contributed by atoms with Gasteiger partial charge in [0.25, 0.3) is 0 Å². The molecule has 0 radical (unpaired) electrons. The van der Waals surface area contributed by atoms with Gasteiger partial charge >= 0.3 is 0 Å². The minimum atomic E-state index is -3.71. The van der Waals surface area contributed by atoms with Crippen LogP contribution in [0.25, 0.3) is 0 Å². The second kappa shape index (κ2) is 12.1. The van der Waals surface area contributed by atoms with Crippen molar-refractivity contribution in [1.82, 2.24) is 14.2 Å². The Labute approximate surface area is 214 Å². The van der Waals surface area contributed by atoms with Crippen LogP contribution in [0.3, 0.4) is 0 Å². The van der Waals surface area contributed by atoms with Crippen LogP contribution in [0, 0.1) is 13.8 Å². The fraction of sp³-hybridized carbons (Fsp3) is 0.538. The third kappa shape index (κ3) is 7.03. The van der Waals surface area contributed by atoms with Gasteiger partial charge in [0.1, 0.15) is 12.4 Å². The summed E-state index contributed by atoms with van der Waals surface area (Å²) in [5, 5.41) is 10.9. The molecule has 3 rings (SSSR count). The lowest BCUT2D eigenvalue weighted by molar-refractivity contribution is -0.140. The second-order valence-corrected chi connectivity index (χ2v) is 11.4. The van der Waals surface area contributed by atoms with Gasteiger partial charge in [0, 0.05) is 39.1 Å². The summed E-state index contributed by atoms with van der Waals surface area (Å²) in [5.41, 5.74) is 1.52. The highest BCUT2D eigenvalue weighted by atomic mass is 32.2. The first-order valence-electron chi connectivity index (χ1n) is 12.1. The van der Waals surface area contributed by atoms with Crippen LogP contribution in [0.15, 0.2) is 41.6 Å². The van der Waals surface area contributed by atoms with E-state index in [0.29, 0.717) is 49.2 Å². The maximum atomic E-state index is 13.1. The predicted molar refractivity (Wildman–Crippen MR) is 136 cm³/mol. The molecule has 1 aromatic heterocycles. The maximum Gasteiger partial charge on any atom is 0.248 e. The van der Waals surface area contributed by atoms with E-state index in [4.69, 9.17) is 9.47 Å². The van der Waals surface area contributed by atoms with E-state index in [-0.39, 0.29) is 30.6 Å². The first-order valence-corrected chi connectivity index (χ1v) is 13.6. The Bertz CT molecular complexity index is 1110. The number of methoxy groups -OCH3 is 1. The zero-order chi connectivity index (χ0) is 26.3. The van der Waals surface area contributed by atoms with Crippen molar-refractivity contribution in [3.63, 3.8) is 0 Å². The van der Waals surface area contributed by atoms with Gasteiger partial charge in [0.15, 0.2) is 0 Å². The molecule has 0 bridgehead atoms. The fourth-order valence-corrected chi connectivity index (χ4v) is 6.06. The second-order valence-electron chi connectivity index (χ2n) is 9.44. The van der Waals surface area contributed by atoms with Crippen molar-refractivity contribution in [1.29, 1.82) is 0 Å². The molecule has 1 saturated heterocycles. The number of aryl methyl sites for hydroxylation is 3. The number of aliphatic hydroxyl groups is 1. The van der Waals surface area contributed by atoms with Gasteiger partial charge in [-0.15, -0.1) is 0 Å². The lowest BCUT2D eigenvalue weighted by Gasteiger charge is -2.38. The normalized spacial score (nSPS) is 15.8. The molecule has 1 aliphatic heterocycles. The number of benzene rings is 1. The molecular weight excluding hydrogens is 482 g/mol. The summed E-state index contributed by atoms with van der Waals surface area (Å²) in [6, 6.07) is 7.27. The van der Waals surface area contributed by atoms with E-state index in [0.717, 1.165) is 12.0 Å². The number of amides is 1. The monoisotopic (exact) mass is 519 g/mol. The van der Waals surface area contributed by atoms with Crippen molar-refractivity contribution >= 4 is 15.9 Å². The van der Waals surface area contributed by atoms with Crippen LogP contribution in [0.5, 0.6) is 5.75 Å². The topological polar surface area (TPSA) is 109 Å². The largest absolute Gasteiger partial charge is 0.497 e. The van der Waals surface area contributed by atoms with Gasteiger partial charge in [-0.1, -0.05) is 6.07 Å². The van der Waals surface area contributed by atoms with Crippen LogP contribution < -0.4 is 4.74 Å². The average Bonchev–Trinajstić information content (AvgIpc) is 2.85. The van der Waals surface area contributed by atoms with E-state index in [9.17, 15) is 18.3 Å². The number of sulfonamides is 1. The number of hydrogen-bond acceptors (Lipinski definition) is 7. The Morgan fingerprint density at radius 2 is 1.89 bits per heavy atom. The molecule has 1 amide bonds. The highest BCUT2D eigenvalue weighted by Crippen LogP contribution is 2.28.